The van der Waals surface area contributed by atoms with E-state index in [0.29, 0.717) is 29.3 Å². The third-order valence-corrected chi connectivity index (χ3v) is 6.74. The molecule has 2 heterocycles. The van der Waals surface area contributed by atoms with Gasteiger partial charge in [-0.3, -0.25) is 4.79 Å². The highest BCUT2D eigenvalue weighted by atomic mass is 19.4. The van der Waals surface area contributed by atoms with Crippen LogP contribution in [-0.2, 0) is 17.4 Å². The van der Waals surface area contributed by atoms with Crippen molar-refractivity contribution in [2.24, 2.45) is 5.92 Å². The van der Waals surface area contributed by atoms with Crippen molar-refractivity contribution in [2.75, 3.05) is 0 Å². The molecule has 182 valence electrons. The Labute approximate surface area is 197 Å². The molecule has 1 fully saturated rings. The monoisotopic (exact) mass is 473 g/mol. The van der Waals surface area contributed by atoms with Crippen molar-refractivity contribution < 1.29 is 18.0 Å². The molecule has 3 aromatic rings. The fourth-order valence-corrected chi connectivity index (χ4v) is 4.92. The molecular weight excluding hydrogens is 443 g/mol. The number of nitrogens with one attached hydrogen (secondary N) is 1. The van der Waals surface area contributed by atoms with Crippen molar-refractivity contribution in [1.29, 1.82) is 0 Å². The molecule has 0 aliphatic heterocycles. The molecule has 1 aliphatic rings. The molecule has 1 aromatic carbocycles. The van der Waals surface area contributed by atoms with Crippen molar-refractivity contribution in [1.82, 2.24) is 24.9 Å². The summed E-state index contributed by atoms with van der Waals surface area (Å²) in [6, 6.07) is 9.97. The average molecular weight is 474 g/mol. The van der Waals surface area contributed by atoms with E-state index in [4.69, 9.17) is 0 Å². The molecule has 1 saturated carbocycles. The van der Waals surface area contributed by atoms with E-state index in [1.165, 1.54) is 32.1 Å². The summed E-state index contributed by atoms with van der Waals surface area (Å²) < 4.78 is 40.2. The maximum absolute atomic E-state index is 13.0. The van der Waals surface area contributed by atoms with E-state index >= 15 is 0 Å². The number of hydrogen-bond acceptors (Lipinski definition) is 4. The maximum atomic E-state index is 13.0. The van der Waals surface area contributed by atoms with Crippen molar-refractivity contribution >= 4 is 11.7 Å². The first kappa shape index (κ1) is 24.2. The largest absolute Gasteiger partial charge is 0.453 e. The Balaban J connectivity index is 1.47. The van der Waals surface area contributed by atoms with Crippen LogP contribution in [0.15, 0.2) is 30.3 Å². The van der Waals surface area contributed by atoms with Crippen LogP contribution in [-0.4, -0.2) is 25.5 Å². The van der Waals surface area contributed by atoms with Crippen molar-refractivity contribution in [3.05, 3.63) is 58.7 Å². The third-order valence-electron chi connectivity index (χ3n) is 6.74. The van der Waals surface area contributed by atoms with Gasteiger partial charge in [0.15, 0.2) is 0 Å². The standard InChI is InChI=1S/C25H30F3N5O/c1-16-20(17(2)33-24(29-16)31-23(32-33)25(26,27)28)13-14-22(34)30-21(19-11-7-4-8-12-19)15-18-9-5-3-6-10-18/h4,7-8,11-12,18,21H,3,5-6,9-10,13-15H2,1-2H3,(H,30,34)/t21-/m0/s1. The molecule has 0 radical (unpaired) electrons. The molecule has 4 rings (SSSR count). The van der Waals surface area contributed by atoms with Gasteiger partial charge in [0.25, 0.3) is 11.6 Å². The summed E-state index contributed by atoms with van der Waals surface area (Å²) in [7, 11) is 0. The van der Waals surface area contributed by atoms with Gasteiger partial charge in [-0.15, -0.1) is 5.10 Å². The van der Waals surface area contributed by atoms with Crippen molar-refractivity contribution in [3.63, 3.8) is 0 Å². The lowest BCUT2D eigenvalue weighted by molar-refractivity contribution is -0.144. The maximum Gasteiger partial charge on any atom is 0.453 e. The van der Waals surface area contributed by atoms with Crippen LogP contribution in [0.1, 0.15) is 79.3 Å². The Bertz CT molecular complexity index is 1140. The summed E-state index contributed by atoms with van der Waals surface area (Å²) in [5, 5.41) is 6.79. The summed E-state index contributed by atoms with van der Waals surface area (Å²) >= 11 is 0. The van der Waals surface area contributed by atoms with Crippen LogP contribution < -0.4 is 5.32 Å². The van der Waals surface area contributed by atoms with E-state index in [-0.39, 0.29) is 24.1 Å². The van der Waals surface area contributed by atoms with E-state index in [1.54, 1.807) is 13.8 Å². The zero-order valence-corrected chi connectivity index (χ0v) is 19.5. The number of carbonyl (C=O) groups excluding carboxylic acids is 1. The molecule has 0 spiro atoms. The molecule has 1 aliphatic carbocycles. The molecular formula is C25H30F3N5O. The molecule has 6 nitrogen and oxygen atoms in total. The predicted octanol–water partition coefficient (Wildman–Crippen LogP) is 5.52. The summed E-state index contributed by atoms with van der Waals surface area (Å²) in [5.74, 6) is -0.790. The Kier molecular flexibility index (Phi) is 7.19. The molecule has 0 saturated heterocycles. The number of rotatable bonds is 7. The number of amides is 1. The number of benzene rings is 1. The number of halogens is 3. The number of hydrogen-bond donors (Lipinski definition) is 1. The number of aryl methyl sites for hydroxylation is 2. The van der Waals surface area contributed by atoms with Crippen molar-refractivity contribution in [3.8, 4) is 0 Å². The molecule has 0 unspecified atom stereocenters. The zero-order chi connectivity index (χ0) is 24.3. The van der Waals surface area contributed by atoms with E-state index in [2.05, 4.69) is 20.4 Å². The normalized spacial score (nSPS) is 16.0. The first-order chi connectivity index (χ1) is 16.2. The van der Waals surface area contributed by atoms with E-state index in [9.17, 15) is 18.0 Å². The lowest BCUT2D eigenvalue weighted by Gasteiger charge is -2.27. The Morgan fingerprint density at radius 1 is 1.12 bits per heavy atom. The Hall–Kier alpha value is -2.97. The molecule has 0 bridgehead atoms. The van der Waals surface area contributed by atoms with Gasteiger partial charge >= 0.3 is 6.18 Å². The number of alkyl halides is 3. The summed E-state index contributed by atoms with van der Waals surface area (Å²) in [5.41, 5.74) is 2.88. The molecule has 34 heavy (non-hydrogen) atoms. The number of aromatic nitrogens is 4. The quantitative estimate of drug-likeness (QED) is 0.490. The third kappa shape index (κ3) is 5.56. The van der Waals surface area contributed by atoms with Gasteiger partial charge in [0.2, 0.25) is 5.91 Å². The Morgan fingerprint density at radius 2 is 1.82 bits per heavy atom. The van der Waals surface area contributed by atoms with Crippen molar-refractivity contribution in [2.45, 2.75) is 77.4 Å². The van der Waals surface area contributed by atoms with E-state index in [1.807, 2.05) is 30.3 Å². The second-order valence-corrected chi connectivity index (χ2v) is 9.18. The number of nitrogens with zero attached hydrogens (tertiary/aromatic N) is 4. The minimum atomic E-state index is -4.64. The predicted molar refractivity (Wildman–Crippen MR) is 122 cm³/mol. The van der Waals surface area contributed by atoms with Crippen LogP contribution in [0, 0.1) is 19.8 Å². The average Bonchev–Trinajstić information content (AvgIpc) is 3.25. The summed E-state index contributed by atoms with van der Waals surface area (Å²) in [6.45, 7) is 3.40. The van der Waals surface area contributed by atoms with Crippen LogP contribution >= 0.6 is 0 Å². The Morgan fingerprint density at radius 3 is 2.50 bits per heavy atom. The topological polar surface area (TPSA) is 72.2 Å². The molecule has 9 heteroatoms. The second-order valence-electron chi connectivity index (χ2n) is 9.18. The van der Waals surface area contributed by atoms with Gasteiger partial charge in [-0.05, 0) is 43.7 Å². The minimum Gasteiger partial charge on any atom is -0.349 e. The first-order valence-corrected chi connectivity index (χ1v) is 11.9. The van der Waals surface area contributed by atoms with E-state index in [0.717, 1.165) is 16.5 Å². The second kappa shape index (κ2) is 10.1. The van der Waals surface area contributed by atoms with Crippen LogP contribution in [0.25, 0.3) is 5.78 Å². The number of fused-ring (bicyclic) bond motifs is 1. The minimum absolute atomic E-state index is 0.0516. The fourth-order valence-electron chi connectivity index (χ4n) is 4.92. The lowest BCUT2D eigenvalue weighted by Crippen LogP contribution is -2.30. The summed E-state index contributed by atoms with van der Waals surface area (Å²) in [6.07, 6.45) is 3.01. The van der Waals surface area contributed by atoms with Gasteiger partial charge < -0.3 is 5.32 Å². The summed E-state index contributed by atoms with van der Waals surface area (Å²) in [4.78, 5) is 20.6. The lowest BCUT2D eigenvalue weighted by atomic mass is 9.83. The highest BCUT2D eigenvalue weighted by molar-refractivity contribution is 5.76. The van der Waals surface area contributed by atoms with Gasteiger partial charge in [0.05, 0.1) is 6.04 Å². The molecule has 1 atom stereocenters. The van der Waals surface area contributed by atoms with Crippen LogP contribution in [0.4, 0.5) is 13.2 Å². The SMILES string of the molecule is Cc1nc2nc(C(F)(F)F)nn2c(C)c1CCC(=O)N[C@@H](CC1CCCCC1)c1ccccc1. The highest BCUT2D eigenvalue weighted by Crippen LogP contribution is 2.32. The van der Waals surface area contributed by atoms with Crippen LogP contribution in [0.5, 0.6) is 0 Å². The van der Waals surface area contributed by atoms with Gasteiger partial charge in [-0.25, -0.2) is 9.50 Å². The van der Waals surface area contributed by atoms with Gasteiger partial charge in [-0.2, -0.15) is 18.2 Å². The fraction of sp³-hybridized carbons (Fsp3) is 0.520. The van der Waals surface area contributed by atoms with E-state index < -0.39 is 12.0 Å². The molecule has 1 amide bonds. The van der Waals surface area contributed by atoms with Gasteiger partial charge in [0, 0.05) is 17.8 Å². The molecule has 1 N–H and O–H groups in total. The number of carbonyl (C=O) groups is 1. The highest BCUT2D eigenvalue weighted by Gasteiger charge is 2.37. The van der Waals surface area contributed by atoms with Gasteiger partial charge in [0.1, 0.15) is 0 Å². The van der Waals surface area contributed by atoms with Gasteiger partial charge in [-0.1, -0.05) is 62.4 Å². The first-order valence-electron chi connectivity index (χ1n) is 11.9. The van der Waals surface area contributed by atoms with Crippen LogP contribution in [0.2, 0.25) is 0 Å². The smallest absolute Gasteiger partial charge is 0.349 e. The van der Waals surface area contributed by atoms with Crippen LogP contribution in [0.3, 0.4) is 0 Å². The molecule has 2 aromatic heterocycles. The zero-order valence-electron chi connectivity index (χ0n) is 19.5.